The number of carbonyl (C=O) groups is 1. The van der Waals surface area contributed by atoms with Crippen LogP contribution < -0.4 is 14.8 Å². The SMILES string of the molecule is COc1cc(NCCCCC(=O)O)c([N+](=O)[O-])cc1OC. The molecule has 0 aliphatic rings. The fourth-order valence-corrected chi connectivity index (χ4v) is 1.79. The van der Waals surface area contributed by atoms with Gasteiger partial charge in [-0.3, -0.25) is 14.9 Å². The van der Waals surface area contributed by atoms with Crippen LogP contribution >= 0.6 is 0 Å². The average Bonchev–Trinajstić information content (AvgIpc) is 2.45. The number of anilines is 1. The second-order valence-electron chi connectivity index (χ2n) is 4.26. The number of nitrogens with zero attached hydrogens (tertiary/aromatic N) is 1. The summed E-state index contributed by atoms with van der Waals surface area (Å²) in [6.07, 6.45) is 1.18. The molecule has 1 aromatic rings. The molecular weight excluding hydrogens is 280 g/mol. The fraction of sp³-hybridized carbons (Fsp3) is 0.462. The summed E-state index contributed by atoms with van der Waals surface area (Å²) < 4.78 is 10.1. The van der Waals surface area contributed by atoms with Gasteiger partial charge in [-0.2, -0.15) is 0 Å². The second-order valence-corrected chi connectivity index (χ2v) is 4.26. The summed E-state index contributed by atoms with van der Waals surface area (Å²) in [5, 5.41) is 22.5. The number of benzene rings is 1. The van der Waals surface area contributed by atoms with Gasteiger partial charge in [0.25, 0.3) is 5.69 Å². The highest BCUT2D eigenvalue weighted by molar-refractivity contribution is 5.68. The van der Waals surface area contributed by atoms with Crippen molar-refractivity contribution in [1.29, 1.82) is 0 Å². The molecular formula is C13H18N2O6. The number of hydrogen-bond acceptors (Lipinski definition) is 6. The number of carboxylic acid groups (broad SMARTS) is 1. The number of methoxy groups -OCH3 is 2. The number of nitro benzene ring substituents is 1. The molecule has 0 saturated heterocycles. The molecule has 0 spiro atoms. The Kier molecular flexibility index (Phi) is 6.25. The van der Waals surface area contributed by atoms with Crippen molar-refractivity contribution in [3.05, 3.63) is 22.2 Å². The van der Waals surface area contributed by atoms with Gasteiger partial charge in [-0.1, -0.05) is 0 Å². The summed E-state index contributed by atoms with van der Waals surface area (Å²) in [6, 6.07) is 2.78. The first-order valence-corrected chi connectivity index (χ1v) is 6.35. The van der Waals surface area contributed by atoms with Crippen LogP contribution in [0, 0.1) is 10.1 Å². The minimum absolute atomic E-state index is 0.0791. The Morgan fingerprint density at radius 2 is 1.90 bits per heavy atom. The van der Waals surface area contributed by atoms with Crippen molar-refractivity contribution < 1.29 is 24.3 Å². The third-order valence-corrected chi connectivity index (χ3v) is 2.83. The van der Waals surface area contributed by atoms with Crippen LogP contribution in [0.15, 0.2) is 12.1 Å². The molecule has 0 aromatic heterocycles. The Hall–Kier alpha value is -2.51. The molecule has 0 unspecified atom stereocenters. The highest BCUT2D eigenvalue weighted by Gasteiger charge is 2.19. The van der Waals surface area contributed by atoms with Crippen molar-refractivity contribution >= 4 is 17.3 Å². The maximum atomic E-state index is 11.1. The molecule has 0 aliphatic carbocycles. The maximum Gasteiger partial charge on any atom is 0.303 e. The summed E-state index contributed by atoms with van der Waals surface area (Å²) in [6.45, 7) is 0.434. The van der Waals surface area contributed by atoms with E-state index in [1.165, 1.54) is 26.4 Å². The van der Waals surface area contributed by atoms with Crippen molar-refractivity contribution in [2.45, 2.75) is 19.3 Å². The summed E-state index contributed by atoms with van der Waals surface area (Å²) >= 11 is 0. The van der Waals surface area contributed by atoms with Gasteiger partial charge in [0.2, 0.25) is 0 Å². The van der Waals surface area contributed by atoms with Crippen LogP contribution in [0.1, 0.15) is 19.3 Å². The molecule has 0 radical (unpaired) electrons. The van der Waals surface area contributed by atoms with Crippen LogP contribution in [0.5, 0.6) is 11.5 Å². The van der Waals surface area contributed by atoms with E-state index in [2.05, 4.69) is 5.32 Å². The van der Waals surface area contributed by atoms with Crippen LogP contribution in [-0.2, 0) is 4.79 Å². The molecule has 0 heterocycles. The minimum Gasteiger partial charge on any atom is -0.493 e. The zero-order chi connectivity index (χ0) is 15.8. The van der Waals surface area contributed by atoms with Gasteiger partial charge in [-0.05, 0) is 12.8 Å². The number of rotatable bonds is 9. The van der Waals surface area contributed by atoms with E-state index in [0.717, 1.165) is 0 Å². The van der Waals surface area contributed by atoms with Crippen molar-refractivity contribution in [3.8, 4) is 11.5 Å². The molecule has 0 atom stereocenters. The zero-order valence-electron chi connectivity index (χ0n) is 11.9. The standard InChI is InChI=1S/C13H18N2O6/c1-20-11-7-9(14-6-4-3-5-13(16)17)10(15(18)19)8-12(11)21-2/h7-8,14H,3-6H2,1-2H3,(H,16,17). The van der Waals surface area contributed by atoms with E-state index in [1.54, 1.807) is 0 Å². The number of hydrogen-bond donors (Lipinski definition) is 2. The number of nitro groups is 1. The fourth-order valence-electron chi connectivity index (χ4n) is 1.79. The first-order chi connectivity index (χ1) is 9.99. The highest BCUT2D eigenvalue weighted by atomic mass is 16.6. The van der Waals surface area contributed by atoms with E-state index in [4.69, 9.17) is 14.6 Å². The van der Waals surface area contributed by atoms with E-state index >= 15 is 0 Å². The summed E-state index contributed by atoms with van der Waals surface area (Å²) in [5.41, 5.74) is 0.193. The monoisotopic (exact) mass is 298 g/mol. The van der Waals surface area contributed by atoms with E-state index in [9.17, 15) is 14.9 Å². The molecule has 0 bridgehead atoms. The molecule has 0 aliphatic heterocycles. The van der Waals surface area contributed by atoms with E-state index < -0.39 is 10.9 Å². The number of carboxylic acids is 1. The topological polar surface area (TPSA) is 111 Å². The molecule has 8 nitrogen and oxygen atoms in total. The number of unbranched alkanes of at least 4 members (excludes halogenated alkanes) is 1. The molecule has 0 saturated carbocycles. The first-order valence-electron chi connectivity index (χ1n) is 6.35. The van der Waals surface area contributed by atoms with Crippen molar-refractivity contribution in [2.24, 2.45) is 0 Å². The van der Waals surface area contributed by atoms with Gasteiger partial charge in [-0.25, -0.2) is 0 Å². The van der Waals surface area contributed by atoms with Gasteiger partial charge >= 0.3 is 5.97 Å². The minimum atomic E-state index is -0.855. The van der Waals surface area contributed by atoms with Gasteiger partial charge < -0.3 is 19.9 Å². The largest absolute Gasteiger partial charge is 0.493 e. The van der Waals surface area contributed by atoms with Crippen LogP contribution in [-0.4, -0.2) is 36.8 Å². The highest BCUT2D eigenvalue weighted by Crippen LogP contribution is 2.37. The molecule has 2 N–H and O–H groups in total. The second kappa shape index (κ2) is 7.93. The van der Waals surface area contributed by atoms with Crippen LogP contribution in [0.2, 0.25) is 0 Å². The lowest BCUT2D eigenvalue weighted by atomic mass is 10.2. The van der Waals surface area contributed by atoms with Crippen molar-refractivity contribution in [3.63, 3.8) is 0 Å². The molecule has 21 heavy (non-hydrogen) atoms. The third kappa shape index (κ3) is 4.83. The Morgan fingerprint density at radius 3 is 2.43 bits per heavy atom. The lowest BCUT2D eigenvalue weighted by Gasteiger charge is -2.12. The van der Waals surface area contributed by atoms with E-state index in [0.29, 0.717) is 30.8 Å². The van der Waals surface area contributed by atoms with Gasteiger partial charge in [0.15, 0.2) is 11.5 Å². The molecule has 0 fully saturated rings. The number of nitrogens with one attached hydrogen (secondary N) is 1. The summed E-state index contributed by atoms with van der Waals surface area (Å²) in [7, 11) is 2.85. The summed E-state index contributed by atoms with van der Waals surface area (Å²) in [5.74, 6) is -0.191. The Balaban J connectivity index is 2.79. The van der Waals surface area contributed by atoms with Crippen LogP contribution in [0.25, 0.3) is 0 Å². The van der Waals surface area contributed by atoms with Crippen molar-refractivity contribution in [1.82, 2.24) is 0 Å². The molecule has 8 heteroatoms. The maximum absolute atomic E-state index is 11.1. The molecule has 1 rings (SSSR count). The van der Waals surface area contributed by atoms with E-state index in [1.807, 2.05) is 0 Å². The van der Waals surface area contributed by atoms with Crippen LogP contribution in [0.4, 0.5) is 11.4 Å². The average molecular weight is 298 g/mol. The Labute approximate surface area is 121 Å². The lowest BCUT2D eigenvalue weighted by Crippen LogP contribution is -2.06. The molecule has 116 valence electrons. The Bertz CT molecular complexity index is 518. The normalized spacial score (nSPS) is 10.0. The predicted octanol–water partition coefficient (Wildman–Crippen LogP) is 2.28. The first kappa shape index (κ1) is 16.5. The van der Waals surface area contributed by atoms with Gasteiger partial charge in [0.1, 0.15) is 5.69 Å². The zero-order valence-corrected chi connectivity index (χ0v) is 11.9. The third-order valence-electron chi connectivity index (χ3n) is 2.83. The predicted molar refractivity (Wildman–Crippen MR) is 76.2 cm³/mol. The van der Waals surface area contributed by atoms with Gasteiger partial charge in [0, 0.05) is 19.0 Å². The van der Waals surface area contributed by atoms with Crippen LogP contribution in [0.3, 0.4) is 0 Å². The van der Waals surface area contributed by atoms with Crippen molar-refractivity contribution in [2.75, 3.05) is 26.1 Å². The number of aliphatic carboxylic acids is 1. The molecule has 0 amide bonds. The lowest BCUT2D eigenvalue weighted by molar-refractivity contribution is -0.384. The van der Waals surface area contributed by atoms with Gasteiger partial charge in [-0.15, -0.1) is 0 Å². The Morgan fingerprint density at radius 1 is 1.29 bits per heavy atom. The molecule has 1 aromatic carbocycles. The smallest absolute Gasteiger partial charge is 0.303 e. The quantitative estimate of drug-likeness (QED) is 0.408. The van der Waals surface area contributed by atoms with E-state index in [-0.39, 0.29) is 17.9 Å². The van der Waals surface area contributed by atoms with Gasteiger partial charge in [0.05, 0.1) is 25.2 Å². The number of ether oxygens (including phenoxy) is 2. The summed E-state index contributed by atoms with van der Waals surface area (Å²) in [4.78, 5) is 20.9.